The first-order valence-electron chi connectivity index (χ1n) is 9.12. The van der Waals surface area contributed by atoms with Gasteiger partial charge in [-0.05, 0) is 37.1 Å². The number of furan rings is 1. The van der Waals surface area contributed by atoms with Crippen LogP contribution in [0.2, 0.25) is 0 Å². The minimum Gasteiger partial charge on any atom is -0.454 e. The molecule has 2 aromatic heterocycles. The van der Waals surface area contributed by atoms with Crippen LogP contribution in [0.5, 0.6) is 0 Å². The number of guanidine groups is 1. The van der Waals surface area contributed by atoms with Gasteiger partial charge in [0.15, 0.2) is 11.7 Å². The van der Waals surface area contributed by atoms with Gasteiger partial charge < -0.3 is 20.8 Å². The molecule has 2 aromatic rings. The molecule has 4 N–H and O–H groups in total. The standard InChI is InChI=1S/C19H26N6O2.HI/c1-21-19(23-12-16-5-6-17(27-16)18(20)26)24-14-7-10-25(11-8-14)13-15-4-2-3-9-22-15;/h2-6,9,14H,7-8,10-13H2,1H3,(H2,20,26)(H2,21,23,24);1H. The van der Waals surface area contributed by atoms with Crippen LogP contribution in [-0.2, 0) is 13.1 Å². The Labute approximate surface area is 182 Å². The number of halogens is 1. The van der Waals surface area contributed by atoms with Gasteiger partial charge in [0, 0.05) is 38.9 Å². The van der Waals surface area contributed by atoms with Crippen LogP contribution in [-0.4, -0.2) is 47.9 Å². The van der Waals surface area contributed by atoms with E-state index in [1.165, 1.54) is 0 Å². The highest BCUT2D eigenvalue weighted by atomic mass is 127. The molecule has 0 saturated carbocycles. The summed E-state index contributed by atoms with van der Waals surface area (Å²) in [6.45, 7) is 3.36. The molecule has 0 spiro atoms. The van der Waals surface area contributed by atoms with E-state index in [0.29, 0.717) is 18.3 Å². The van der Waals surface area contributed by atoms with Crippen molar-refractivity contribution in [3.63, 3.8) is 0 Å². The van der Waals surface area contributed by atoms with E-state index >= 15 is 0 Å². The van der Waals surface area contributed by atoms with Crippen LogP contribution in [0.15, 0.2) is 45.9 Å². The molecule has 0 aliphatic carbocycles. The van der Waals surface area contributed by atoms with E-state index in [0.717, 1.165) is 44.1 Å². The number of aliphatic imine (C=N–C) groups is 1. The van der Waals surface area contributed by atoms with Crippen LogP contribution in [0.3, 0.4) is 0 Å². The molecule has 1 aliphatic heterocycles. The van der Waals surface area contributed by atoms with Crippen molar-refractivity contribution in [3.8, 4) is 0 Å². The number of hydrogen-bond acceptors (Lipinski definition) is 5. The number of primary amides is 1. The summed E-state index contributed by atoms with van der Waals surface area (Å²) >= 11 is 0. The fourth-order valence-electron chi connectivity index (χ4n) is 3.12. The number of carbonyl (C=O) groups is 1. The second kappa shape index (κ2) is 11.0. The third kappa shape index (κ3) is 6.48. The van der Waals surface area contributed by atoms with Gasteiger partial charge in [0.2, 0.25) is 0 Å². The van der Waals surface area contributed by atoms with Crippen molar-refractivity contribution in [3.05, 3.63) is 53.7 Å². The molecule has 0 atom stereocenters. The van der Waals surface area contributed by atoms with Gasteiger partial charge in [-0.25, -0.2) is 0 Å². The van der Waals surface area contributed by atoms with Crippen molar-refractivity contribution in [2.75, 3.05) is 20.1 Å². The lowest BCUT2D eigenvalue weighted by molar-refractivity contribution is 0.0972. The van der Waals surface area contributed by atoms with E-state index in [9.17, 15) is 4.79 Å². The minimum absolute atomic E-state index is 0. The summed E-state index contributed by atoms with van der Waals surface area (Å²) in [7, 11) is 1.74. The zero-order chi connectivity index (χ0) is 19.1. The maximum Gasteiger partial charge on any atom is 0.284 e. The number of nitrogens with zero attached hydrogens (tertiary/aromatic N) is 3. The van der Waals surface area contributed by atoms with E-state index < -0.39 is 5.91 Å². The lowest BCUT2D eigenvalue weighted by Gasteiger charge is -2.32. The number of nitrogens with two attached hydrogens (primary N) is 1. The summed E-state index contributed by atoms with van der Waals surface area (Å²) < 4.78 is 5.37. The smallest absolute Gasteiger partial charge is 0.284 e. The van der Waals surface area contributed by atoms with E-state index in [-0.39, 0.29) is 29.7 Å². The SMILES string of the molecule is CN=C(NCc1ccc(C(N)=O)o1)NC1CCN(Cc2ccccn2)CC1.I. The molecule has 3 heterocycles. The first-order chi connectivity index (χ1) is 13.1. The van der Waals surface area contributed by atoms with Crippen molar-refractivity contribution in [1.82, 2.24) is 20.5 Å². The molecule has 28 heavy (non-hydrogen) atoms. The predicted molar refractivity (Wildman–Crippen MR) is 119 cm³/mol. The average Bonchev–Trinajstić information content (AvgIpc) is 3.17. The quantitative estimate of drug-likeness (QED) is 0.318. The van der Waals surface area contributed by atoms with Gasteiger partial charge in [-0.1, -0.05) is 6.07 Å². The molecule has 1 aliphatic rings. The predicted octanol–water partition coefficient (Wildman–Crippen LogP) is 1.72. The molecule has 0 radical (unpaired) electrons. The summed E-state index contributed by atoms with van der Waals surface area (Å²) in [6.07, 6.45) is 3.92. The first kappa shape index (κ1) is 22.2. The molecule has 1 amide bonds. The largest absolute Gasteiger partial charge is 0.454 e. The normalized spacial score (nSPS) is 15.7. The van der Waals surface area contributed by atoms with Crippen LogP contribution >= 0.6 is 24.0 Å². The number of piperidine rings is 1. The number of carbonyl (C=O) groups excluding carboxylic acids is 1. The maximum absolute atomic E-state index is 11.1. The first-order valence-corrected chi connectivity index (χ1v) is 9.12. The number of pyridine rings is 1. The third-order valence-electron chi connectivity index (χ3n) is 4.60. The van der Waals surface area contributed by atoms with Crippen LogP contribution in [0.1, 0.15) is 34.9 Å². The van der Waals surface area contributed by atoms with Crippen molar-refractivity contribution in [2.24, 2.45) is 10.7 Å². The van der Waals surface area contributed by atoms with Gasteiger partial charge in [-0.15, -0.1) is 24.0 Å². The van der Waals surface area contributed by atoms with Crippen LogP contribution in [0.4, 0.5) is 0 Å². The van der Waals surface area contributed by atoms with Gasteiger partial charge in [-0.3, -0.25) is 19.7 Å². The molecule has 1 fully saturated rings. The monoisotopic (exact) mass is 498 g/mol. The Bertz CT molecular complexity index is 772. The second-order valence-electron chi connectivity index (χ2n) is 6.57. The van der Waals surface area contributed by atoms with Gasteiger partial charge in [0.1, 0.15) is 5.76 Å². The molecule has 0 bridgehead atoms. The zero-order valence-electron chi connectivity index (χ0n) is 15.9. The van der Waals surface area contributed by atoms with Crippen molar-refractivity contribution >= 4 is 35.8 Å². The Hall–Kier alpha value is -2.14. The van der Waals surface area contributed by atoms with Gasteiger partial charge in [0.05, 0.1) is 12.2 Å². The van der Waals surface area contributed by atoms with E-state index in [1.807, 2.05) is 18.3 Å². The third-order valence-corrected chi connectivity index (χ3v) is 4.60. The van der Waals surface area contributed by atoms with E-state index in [4.69, 9.17) is 10.2 Å². The number of rotatable bonds is 6. The van der Waals surface area contributed by atoms with E-state index in [1.54, 1.807) is 19.2 Å². The summed E-state index contributed by atoms with van der Waals surface area (Å²) in [6, 6.07) is 9.71. The highest BCUT2D eigenvalue weighted by Gasteiger charge is 2.20. The minimum atomic E-state index is -0.568. The molecule has 8 nitrogen and oxygen atoms in total. The fourth-order valence-corrected chi connectivity index (χ4v) is 3.12. The number of hydrogen-bond donors (Lipinski definition) is 3. The van der Waals surface area contributed by atoms with Crippen LogP contribution in [0.25, 0.3) is 0 Å². The number of amides is 1. The van der Waals surface area contributed by atoms with Crippen molar-refractivity contribution in [2.45, 2.75) is 32.0 Å². The topological polar surface area (TPSA) is 109 Å². The van der Waals surface area contributed by atoms with Gasteiger partial charge in [0.25, 0.3) is 5.91 Å². The molecule has 3 rings (SSSR count). The molecular formula is C19H27IN6O2. The lowest BCUT2D eigenvalue weighted by atomic mass is 10.0. The molecular weight excluding hydrogens is 471 g/mol. The highest BCUT2D eigenvalue weighted by molar-refractivity contribution is 14.0. The highest BCUT2D eigenvalue weighted by Crippen LogP contribution is 2.13. The Morgan fingerprint density at radius 1 is 1.32 bits per heavy atom. The molecule has 0 unspecified atom stereocenters. The van der Waals surface area contributed by atoms with Gasteiger partial charge >= 0.3 is 0 Å². The Kier molecular flexibility index (Phi) is 8.71. The van der Waals surface area contributed by atoms with Crippen LogP contribution < -0.4 is 16.4 Å². The zero-order valence-corrected chi connectivity index (χ0v) is 18.3. The van der Waals surface area contributed by atoms with Crippen molar-refractivity contribution < 1.29 is 9.21 Å². The van der Waals surface area contributed by atoms with Gasteiger partial charge in [-0.2, -0.15) is 0 Å². The average molecular weight is 498 g/mol. The lowest BCUT2D eigenvalue weighted by Crippen LogP contribution is -2.48. The van der Waals surface area contributed by atoms with E-state index in [2.05, 4.69) is 31.6 Å². The summed E-state index contributed by atoms with van der Waals surface area (Å²) in [5.74, 6) is 0.948. The second-order valence-corrected chi connectivity index (χ2v) is 6.57. The Morgan fingerprint density at radius 2 is 2.11 bits per heavy atom. The number of nitrogens with one attached hydrogen (secondary N) is 2. The summed E-state index contributed by atoms with van der Waals surface area (Å²) in [5, 5.41) is 6.66. The fraction of sp³-hybridized carbons (Fsp3) is 0.421. The Morgan fingerprint density at radius 3 is 2.71 bits per heavy atom. The Balaban J connectivity index is 0.00000280. The number of likely N-dealkylation sites (tertiary alicyclic amines) is 1. The molecule has 152 valence electrons. The molecule has 9 heteroatoms. The van der Waals surface area contributed by atoms with Crippen LogP contribution in [0, 0.1) is 0 Å². The maximum atomic E-state index is 11.1. The number of aromatic nitrogens is 1. The molecule has 0 aromatic carbocycles. The summed E-state index contributed by atoms with van der Waals surface area (Å²) in [4.78, 5) is 22.2. The summed E-state index contributed by atoms with van der Waals surface area (Å²) in [5.41, 5.74) is 6.30. The van der Waals surface area contributed by atoms with Crippen molar-refractivity contribution in [1.29, 1.82) is 0 Å². The molecule has 1 saturated heterocycles.